The quantitative estimate of drug-likeness (QED) is 0.714. The van der Waals surface area contributed by atoms with E-state index in [-0.39, 0.29) is 6.10 Å². The molecule has 1 aliphatic heterocycles. The van der Waals surface area contributed by atoms with Crippen molar-refractivity contribution in [3.05, 3.63) is 0 Å². The monoisotopic (exact) mass is 231 g/mol. The molecule has 0 radical (unpaired) electrons. The maximum atomic E-state index is 5.64. The first-order chi connectivity index (χ1) is 7.80. The van der Waals surface area contributed by atoms with Crippen LogP contribution in [0.3, 0.4) is 0 Å². The van der Waals surface area contributed by atoms with Gasteiger partial charge in [0.1, 0.15) is 0 Å². The van der Waals surface area contributed by atoms with Crippen LogP contribution in [0.5, 0.6) is 0 Å². The fourth-order valence-corrected chi connectivity index (χ4v) is 2.04. The zero-order valence-corrected chi connectivity index (χ0v) is 10.7. The van der Waals surface area contributed by atoms with Crippen LogP contribution < -0.4 is 5.32 Å². The van der Waals surface area contributed by atoms with Crippen molar-refractivity contribution in [1.82, 2.24) is 5.32 Å². The molecule has 1 heterocycles. The first-order valence-corrected chi connectivity index (χ1v) is 6.16. The van der Waals surface area contributed by atoms with E-state index in [4.69, 9.17) is 14.2 Å². The number of hydrogen-bond acceptors (Lipinski definition) is 4. The van der Waals surface area contributed by atoms with Crippen molar-refractivity contribution in [2.75, 3.05) is 34.0 Å². The Labute approximate surface area is 98.6 Å². The number of ether oxygens (including phenoxy) is 3. The van der Waals surface area contributed by atoms with Gasteiger partial charge in [0.15, 0.2) is 0 Å². The van der Waals surface area contributed by atoms with Gasteiger partial charge in [-0.05, 0) is 19.3 Å². The van der Waals surface area contributed by atoms with Crippen LogP contribution in [-0.2, 0) is 14.2 Å². The highest BCUT2D eigenvalue weighted by molar-refractivity contribution is 4.77. The van der Waals surface area contributed by atoms with E-state index in [0.717, 1.165) is 32.4 Å². The molecule has 3 unspecified atom stereocenters. The van der Waals surface area contributed by atoms with Crippen LogP contribution in [0.15, 0.2) is 0 Å². The van der Waals surface area contributed by atoms with E-state index < -0.39 is 0 Å². The fraction of sp³-hybridized carbons (Fsp3) is 1.00. The van der Waals surface area contributed by atoms with Crippen LogP contribution in [-0.4, -0.2) is 52.2 Å². The molecule has 0 bridgehead atoms. The molecular weight excluding hydrogens is 206 g/mol. The second-order valence-corrected chi connectivity index (χ2v) is 4.34. The molecule has 3 atom stereocenters. The van der Waals surface area contributed by atoms with E-state index in [1.54, 1.807) is 14.2 Å². The van der Waals surface area contributed by atoms with Crippen molar-refractivity contribution in [3.63, 3.8) is 0 Å². The summed E-state index contributed by atoms with van der Waals surface area (Å²) in [6.07, 6.45) is 3.88. The summed E-state index contributed by atoms with van der Waals surface area (Å²) < 4.78 is 16.0. The topological polar surface area (TPSA) is 39.7 Å². The summed E-state index contributed by atoms with van der Waals surface area (Å²) in [6, 6.07) is 0.563. The van der Waals surface area contributed by atoms with E-state index >= 15 is 0 Å². The molecule has 0 aliphatic carbocycles. The molecule has 16 heavy (non-hydrogen) atoms. The minimum Gasteiger partial charge on any atom is -0.382 e. The highest BCUT2D eigenvalue weighted by Crippen LogP contribution is 2.16. The lowest BCUT2D eigenvalue weighted by molar-refractivity contribution is -0.00825. The zero-order chi connectivity index (χ0) is 11.8. The molecule has 0 spiro atoms. The fourth-order valence-electron chi connectivity index (χ4n) is 2.04. The third-order valence-corrected chi connectivity index (χ3v) is 3.14. The average molecular weight is 231 g/mol. The highest BCUT2D eigenvalue weighted by Gasteiger charge is 2.21. The molecule has 4 nitrogen and oxygen atoms in total. The van der Waals surface area contributed by atoms with Gasteiger partial charge >= 0.3 is 0 Å². The Kier molecular flexibility index (Phi) is 6.96. The Hall–Kier alpha value is -0.160. The van der Waals surface area contributed by atoms with Gasteiger partial charge in [0.2, 0.25) is 0 Å². The van der Waals surface area contributed by atoms with Crippen molar-refractivity contribution < 1.29 is 14.2 Å². The third-order valence-electron chi connectivity index (χ3n) is 3.14. The predicted molar refractivity (Wildman–Crippen MR) is 63.7 cm³/mol. The van der Waals surface area contributed by atoms with Crippen LogP contribution in [0.25, 0.3) is 0 Å². The highest BCUT2D eigenvalue weighted by atomic mass is 16.5. The molecule has 0 aromatic carbocycles. The number of methoxy groups -OCH3 is 2. The van der Waals surface area contributed by atoms with E-state index in [1.807, 2.05) is 0 Å². The minimum atomic E-state index is 0.146. The van der Waals surface area contributed by atoms with E-state index in [1.165, 1.54) is 0 Å². The molecule has 1 rings (SSSR count). The van der Waals surface area contributed by atoms with Crippen LogP contribution >= 0.6 is 0 Å². The molecular formula is C12H25NO3. The van der Waals surface area contributed by atoms with Crippen LogP contribution in [0.4, 0.5) is 0 Å². The molecule has 96 valence electrons. The van der Waals surface area contributed by atoms with Gasteiger partial charge in [-0.15, -0.1) is 0 Å². The molecule has 1 fully saturated rings. The largest absolute Gasteiger partial charge is 0.382 e. The van der Waals surface area contributed by atoms with Gasteiger partial charge in [0, 0.05) is 33.4 Å². The standard InChI is InChI=1S/C12H25NO3/c1-4-11-7-10(5-6-16-11)13-8-12(15-3)9-14-2/h10-13H,4-9H2,1-3H3. The smallest absolute Gasteiger partial charge is 0.0928 e. The predicted octanol–water partition coefficient (Wildman–Crippen LogP) is 1.19. The summed E-state index contributed by atoms with van der Waals surface area (Å²) in [7, 11) is 3.43. The van der Waals surface area contributed by atoms with Gasteiger partial charge in [0.25, 0.3) is 0 Å². The second-order valence-electron chi connectivity index (χ2n) is 4.34. The Morgan fingerprint density at radius 2 is 2.25 bits per heavy atom. The summed E-state index contributed by atoms with van der Waals surface area (Å²) in [5, 5.41) is 3.54. The van der Waals surface area contributed by atoms with Gasteiger partial charge in [0.05, 0.1) is 18.8 Å². The molecule has 4 heteroatoms. The Morgan fingerprint density at radius 3 is 2.88 bits per heavy atom. The van der Waals surface area contributed by atoms with Crippen LogP contribution in [0.1, 0.15) is 26.2 Å². The molecule has 0 aromatic rings. The van der Waals surface area contributed by atoms with E-state index in [9.17, 15) is 0 Å². The molecule has 0 saturated carbocycles. The summed E-state index contributed by atoms with van der Waals surface area (Å²) in [4.78, 5) is 0. The molecule has 1 saturated heterocycles. The van der Waals surface area contributed by atoms with Crippen LogP contribution in [0, 0.1) is 0 Å². The summed E-state index contributed by atoms with van der Waals surface area (Å²) in [5.74, 6) is 0. The van der Waals surface area contributed by atoms with Gasteiger partial charge in [-0.25, -0.2) is 0 Å². The van der Waals surface area contributed by atoms with Crippen molar-refractivity contribution in [2.45, 2.75) is 44.4 Å². The van der Waals surface area contributed by atoms with Gasteiger partial charge < -0.3 is 19.5 Å². The first kappa shape index (κ1) is 13.9. The maximum Gasteiger partial charge on any atom is 0.0928 e. The maximum absolute atomic E-state index is 5.64. The minimum absolute atomic E-state index is 0.146. The SMILES string of the molecule is CCC1CC(NCC(COC)OC)CCO1. The van der Waals surface area contributed by atoms with Crippen molar-refractivity contribution in [1.29, 1.82) is 0 Å². The van der Waals surface area contributed by atoms with Crippen molar-refractivity contribution in [2.24, 2.45) is 0 Å². The van der Waals surface area contributed by atoms with E-state index in [0.29, 0.717) is 18.8 Å². The van der Waals surface area contributed by atoms with Crippen molar-refractivity contribution >= 4 is 0 Å². The Bertz CT molecular complexity index is 178. The summed E-state index contributed by atoms with van der Waals surface area (Å²) in [6.45, 7) is 4.55. The Balaban J connectivity index is 2.20. The number of hydrogen-bond donors (Lipinski definition) is 1. The number of rotatable bonds is 7. The third kappa shape index (κ3) is 4.78. The van der Waals surface area contributed by atoms with Crippen LogP contribution in [0.2, 0.25) is 0 Å². The summed E-state index contributed by atoms with van der Waals surface area (Å²) >= 11 is 0. The molecule has 0 amide bonds. The lowest BCUT2D eigenvalue weighted by Gasteiger charge is -2.30. The van der Waals surface area contributed by atoms with Gasteiger partial charge in [-0.3, -0.25) is 0 Å². The molecule has 1 N–H and O–H groups in total. The number of nitrogens with one attached hydrogen (secondary N) is 1. The van der Waals surface area contributed by atoms with Gasteiger partial charge in [-0.2, -0.15) is 0 Å². The summed E-state index contributed by atoms with van der Waals surface area (Å²) in [5.41, 5.74) is 0. The Morgan fingerprint density at radius 1 is 1.44 bits per heavy atom. The zero-order valence-electron chi connectivity index (χ0n) is 10.7. The molecule has 0 aromatic heterocycles. The lowest BCUT2D eigenvalue weighted by atomic mass is 10.0. The van der Waals surface area contributed by atoms with E-state index in [2.05, 4.69) is 12.2 Å². The lowest BCUT2D eigenvalue weighted by Crippen LogP contribution is -2.43. The van der Waals surface area contributed by atoms with Gasteiger partial charge in [-0.1, -0.05) is 6.92 Å². The molecule has 1 aliphatic rings. The average Bonchev–Trinajstić information content (AvgIpc) is 2.34. The first-order valence-electron chi connectivity index (χ1n) is 6.16. The normalized spacial score (nSPS) is 27.9. The second kappa shape index (κ2) is 8.01. The van der Waals surface area contributed by atoms with Crippen molar-refractivity contribution in [3.8, 4) is 0 Å².